The molecule has 4 aliphatic rings. The molecule has 4 rings (SSSR count). The van der Waals surface area contributed by atoms with Crippen molar-refractivity contribution in [1.29, 1.82) is 0 Å². The van der Waals surface area contributed by atoms with E-state index in [1.165, 1.54) is 13.8 Å². The van der Waals surface area contributed by atoms with Crippen molar-refractivity contribution in [2.24, 2.45) is 11.8 Å². The van der Waals surface area contributed by atoms with Crippen LogP contribution in [0.1, 0.15) is 27.2 Å². The lowest BCUT2D eigenvalue weighted by atomic mass is 9.72. The Bertz CT molecular complexity index is 686. The van der Waals surface area contributed by atoms with Gasteiger partial charge < -0.3 is 24.4 Å². The molecule has 0 aromatic carbocycles. The minimum absolute atomic E-state index is 0.152. The number of carbonyl (C=O) groups excluding carboxylic acids is 2. The number of ether oxygens (including phenoxy) is 3. The Balaban J connectivity index is 1.88. The van der Waals surface area contributed by atoms with Crippen LogP contribution in [0.3, 0.4) is 0 Å². The minimum atomic E-state index is -1.61. The number of esters is 2. The third-order valence-electron chi connectivity index (χ3n) is 6.48. The van der Waals surface area contributed by atoms with Gasteiger partial charge in [-0.25, -0.2) is 4.79 Å². The molecule has 9 atom stereocenters. The van der Waals surface area contributed by atoms with Crippen LogP contribution in [0.2, 0.25) is 0 Å². The number of carbonyl (C=O) groups is 2. The Morgan fingerprint density at radius 1 is 1.40 bits per heavy atom. The summed E-state index contributed by atoms with van der Waals surface area (Å²) in [6.07, 6.45) is -2.18. The monoisotopic (exact) mass is 372 g/mol. The standard InChI is InChI=1S/C17H21ClO7/c1-6-8-5-9(23-7(2)19)16(4,22)17-11(10(8)24-14(6)20)15(3,21)12(18)13(17)25-17/h8-13,21-22H,1,5H2,2-4H3/t8-,9+,10+,11-,12+,13-,15+,16+,17+/m0/s1. The second-order valence-electron chi connectivity index (χ2n) is 7.92. The van der Waals surface area contributed by atoms with Crippen LogP contribution in [0.5, 0.6) is 0 Å². The Morgan fingerprint density at radius 3 is 2.64 bits per heavy atom. The van der Waals surface area contributed by atoms with Crippen LogP contribution in [-0.2, 0) is 23.8 Å². The third kappa shape index (κ3) is 1.87. The molecule has 0 aromatic heterocycles. The Labute approximate surface area is 149 Å². The zero-order valence-electron chi connectivity index (χ0n) is 14.2. The van der Waals surface area contributed by atoms with Gasteiger partial charge >= 0.3 is 11.9 Å². The van der Waals surface area contributed by atoms with E-state index >= 15 is 0 Å². The fraction of sp³-hybridized carbons (Fsp3) is 0.765. The highest BCUT2D eigenvalue weighted by Crippen LogP contribution is 2.69. The first-order valence-electron chi connectivity index (χ1n) is 8.30. The predicted octanol–water partition coefficient (Wildman–Crippen LogP) is 0.296. The molecule has 2 N–H and O–H groups in total. The van der Waals surface area contributed by atoms with Crippen molar-refractivity contribution in [2.45, 2.75) is 67.7 Å². The van der Waals surface area contributed by atoms with Crippen molar-refractivity contribution in [3.8, 4) is 0 Å². The molecule has 138 valence electrons. The average Bonchev–Trinajstić information content (AvgIpc) is 3.14. The summed E-state index contributed by atoms with van der Waals surface area (Å²) >= 11 is 6.41. The van der Waals surface area contributed by atoms with Gasteiger partial charge in [-0.3, -0.25) is 4.79 Å². The molecule has 8 heteroatoms. The molecule has 0 amide bonds. The van der Waals surface area contributed by atoms with Crippen LogP contribution in [0.25, 0.3) is 0 Å². The maximum absolute atomic E-state index is 12.1. The van der Waals surface area contributed by atoms with Gasteiger partial charge in [0.05, 0.1) is 16.9 Å². The molecule has 0 aromatic rings. The molecule has 2 heterocycles. The number of hydrogen-bond acceptors (Lipinski definition) is 7. The fourth-order valence-corrected chi connectivity index (χ4v) is 5.57. The summed E-state index contributed by atoms with van der Waals surface area (Å²) in [5.74, 6) is -2.39. The number of epoxide rings is 1. The first-order chi connectivity index (χ1) is 11.5. The maximum Gasteiger partial charge on any atom is 0.334 e. The number of rotatable bonds is 1. The summed E-state index contributed by atoms with van der Waals surface area (Å²) in [7, 11) is 0. The summed E-state index contributed by atoms with van der Waals surface area (Å²) in [6, 6.07) is 0. The molecule has 0 unspecified atom stereocenters. The molecular formula is C17H21ClO7. The van der Waals surface area contributed by atoms with Gasteiger partial charge in [-0.15, -0.1) is 11.6 Å². The van der Waals surface area contributed by atoms with E-state index < -0.39 is 64.3 Å². The highest BCUT2D eigenvalue weighted by Gasteiger charge is 2.87. The lowest BCUT2D eigenvalue weighted by Gasteiger charge is -2.41. The van der Waals surface area contributed by atoms with Crippen LogP contribution in [0, 0.1) is 11.8 Å². The topological polar surface area (TPSA) is 106 Å². The second kappa shape index (κ2) is 4.76. The van der Waals surface area contributed by atoms with Crippen LogP contribution in [0.15, 0.2) is 12.2 Å². The van der Waals surface area contributed by atoms with Crippen LogP contribution >= 0.6 is 11.6 Å². The summed E-state index contributed by atoms with van der Waals surface area (Å²) in [5, 5.41) is 21.6. The first kappa shape index (κ1) is 17.3. The van der Waals surface area contributed by atoms with Crippen molar-refractivity contribution in [3.63, 3.8) is 0 Å². The number of alkyl halides is 1. The first-order valence-corrected chi connectivity index (χ1v) is 8.73. The quantitative estimate of drug-likeness (QED) is 0.295. The summed E-state index contributed by atoms with van der Waals surface area (Å²) < 4.78 is 16.7. The maximum atomic E-state index is 12.1. The van der Waals surface area contributed by atoms with Gasteiger partial charge in [-0.05, 0) is 20.3 Å². The van der Waals surface area contributed by atoms with Crippen molar-refractivity contribution in [1.82, 2.24) is 0 Å². The molecular weight excluding hydrogens is 352 g/mol. The Kier molecular flexibility index (Phi) is 3.29. The minimum Gasteiger partial charge on any atom is -0.459 e. The molecule has 2 saturated heterocycles. The van der Waals surface area contributed by atoms with Gasteiger partial charge in [0.25, 0.3) is 0 Å². The zero-order valence-corrected chi connectivity index (χ0v) is 14.9. The molecule has 2 aliphatic carbocycles. The highest BCUT2D eigenvalue weighted by atomic mass is 35.5. The number of hydrogen-bond donors (Lipinski definition) is 2. The van der Waals surface area contributed by atoms with Gasteiger partial charge in [0.1, 0.15) is 29.5 Å². The molecule has 0 radical (unpaired) electrons. The van der Waals surface area contributed by atoms with Crippen molar-refractivity contribution in [3.05, 3.63) is 12.2 Å². The van der Waals surface area contributed by atoms with Crippen LogP contribution in [0.4, 0.5) is 0 Å². The molecule has 0 bridgehead atoms. The second-order valence-corrected chi connectivity index (χ2v) is 8.39. The van der Waals surface area contributed by atoms with Gasteiger partial charge in [0.15, 0.2) is 0 Å². The highest BCUT2D eigenvalue weighted by molar-refractivity contribution is 6.22. The van der Waals surface area contributed by atoms with Crippen LogP contribution < -0.4 is 0 Å². The zero-order chi connectivity index (χ0) is 18.5. The van der Waals surface area contributed by atoms with Gasteiger partial charge in [-0.2, -0.15) is 0 Å². The smallest absolute Gasteiger partial charge is 0.334 e. The Hall–Kier alpha value is -1.15. The normalized spacial score (nSPS) is 56.4. The summed E-state index contributed by atoms with van der Waals surface area (Å²) in [6.45, 7) is 8.11. The van der Waals surface area contributed by atoms with Crippen molar-refractivity contribution in [2.75, 3.05) is 0 Å². The van der Waals surface area contributed by atoms with E-state index in [1.54, 1.807) is 6.92 Å². The van der Waals surface area contributed by atoms with Crippen molar-refractivity contribution < 1.29 is 34.0 Å². The molecule has 2 saturated carbocycles. The largest absolute Gasteiger partial charge is 0.459 e. The van der Waals surface area contributed by atoms with Gasteiger partial charge in [-0.1, -0.05) is 6.58 Å². The SMILES string of the molecule is C=C1C(=O)O[C@@H]2[C@H]1C[C@@H](OC(C)=O)[C@@](C)(O)[C@]13O[C@H]1[C@@H](Cl)[C@](C)(O)[C@H]23. The lowest BCUT2D eigenvalue weighted by molar-refractivity contribution is -0.184. The van der Waals surface area contributed by atoms with Gasteiger partial charge in [0.2, 0.25) is 0 Å². The van der Waals surface area contributed by atoms with Crippen LogP contribution in [-0.4, -0.2) is 62.6 Å². The third-order valence-corrected chi connectivity index (χ3v) is 7.15. The van der Waals surface area contributed by atoms with E-state index in [0.29, 0.717) is 0 Å². The molecule has 4 fully saturated rings. The Morgan fingerprint density at radius 2 is 2.04 bits per heavy atom. The molecule has 25 heavy (non-hydrogen) atoms. The van der Waals surface area contributed by atoms with E-state index in [2.05, 4.69) is 6.58 Å². The van der Waals surface area contributed by atoms with E-state index in [4.69, 9.17) is 25.8 Å². The molecule has 2 aliphatic heterocycles. The summed E-state index contributed by atoms with van der Waals surface area (Å²) in [5.41, 5.74) is -4.07. The summed E-state index contributed by atoms with van der Waals surface area (Å²) in [4.78, 5) is 23.7. The number of aliphatic hydroxyl groups is 2. The van der Waals surface area contributed by atoms with E-state index in [9.17, 15) is 19.8 Å². The number of halogens is 1. The van der Waals surface area contributed by atoms with Crippen molar-refractivity contribution >= 4 is 23.5 Å². The molecule has 7 nitrogen and oxygen atoms in total. The fourth-order valence-electron chi connectivity index (χ4n) is 5.20. The van der Waals surface area contributed by atoms with E-state index in [0.717, 1.165) is 0 Å². The number of fused-ring (bicyclic) bond motifs is 2. The van der Waals surface area contributed by atoms with Gasteiger partial charge in [0, 0.05) is 18.4 Å². The molecule has 1 spiro atoms. The van der Waals surface area contributed by atoms with E-state index in [1.807, 2.05) is 0 Å². The lowest BCUT2D eigenvalue weighted by Crippen LogP contribution is -2.59. The predicted molar refractivity (Wildman–Crippen MR) is 84.7 cm³/mol. The van der Waals surface area contributed by atoms with E-state index in [-0.39, 0.29) is 12.0 Å². The average molecular weight is 373 g/mol.